The fraction of sp³-hybridized carbons (Fsp3) is 0.375. The maximum Gasteiger partial charge on any atom is 0.337 e. The van der Waals surface area contributed by atoms with Crippen molar-refractivity contribution in [2.24, 2.45) is 0 Å². The first-order chi connectivity index (χ1) is 15.7. The van der Waals surface area contributed by atoms with Crippen LogP contribution in [0.5, 0.6) is 5.75 Å². The lowest BCUT2D eigenvalue weighted by atomic mass is 10.1. The van der Waals surface area contributed by atoms with Crippen LogP contribution < -0.4 is 9.64 Å². The molecule has 0 N–H and O–H groups in total. The van der Waals surface area contributed by atoms with E-state index in [0.717, 1.165) is 10.5 Å². The van der Waals surface area contributed by atoms with E-state index in [0.29, 0.717) is 30.1 Å². The molecule has 33 heavy (non-hydrogen) atoms. The normalized spacial score (nSPS) is 17.9. The molecule has 1 heterocycles. The highest BCUT2D eigenvalue weighted by Gasteiger charge is 2.41. The minimum absolute atomic E-state index is 0.339. The summed E-state index contributed by atoms with van der Waals surface area (Å²) in [4.78, 5) is 42.3. The number of benzene rings is 2. The maximum atomic E-state index is 13.8. The van der Waals surface area contributed by atoms with Crippen LogP contribution in [0.15, 0.2) is 47.4 Å². The molecule has 0 fully saturated rings. The summed E-state index contributed by atoms with van der Waals surface area (Å²) in [5.41, 5.74) is 1.74. The zero-order valence-corrected chi connectivity index (χ0v) is 20.2. The van der Waals surface area contributed by atoms with Crippen molar-refractivity contribution in [1.82, 2.24) is 4.90 Å². The van der Waals surface area contributed by atoms with Gasteiger partial charge in [0, 0.05) is 24.9 Å². The number of esters is 2. The molecule has 9 heteroatoms. The SMILES string of the molecule is COC(=O)c1ccc2c(c1)N(CCN(C)C)C(=O)[C@H](OC(C)=O)[C@H](c1ccc(OC)cc1)S2. The van der Waals surface area contributed by atoms with Crippen molar-refractivity contribution >= 4 is 35.3 Å². The van der Waals surface area contributed by atoms with E-state index in [1.165, 1.54) is 25.8 Å². The van der Waals surface area contributed by atoms with Crippen LogP contribution in [0.4, 0.5) is 5.69 Å². The number of hydrogen-bond acceptors (Lipinski definition) is 8. The first-order valence-corrected chi connectivity index (χ1v) is 11.3. The Hall–Kier alpha value is -3.04. The number of rotatable bonds is 7. The van der Waals surface area contributed by atoms with E-state index >= 15 is 0 Å². The van der Waals surface area contributed by atoms with Crippen LogP contribution in [0.2, 0.25) is 0 Å². The number of ether oxygens (including phenoxy) is 3. The van der Waals surface area contributed by atoms with E-state index in [2.05, 4.69) is 0 Å². The molecule has 2 aromatic rings. The Kier molecular flexibility index (Phi) is 7.99. The maximum absolute atomic E-state index is 13.8. The molecule has 0 aromatic heterocycles. The lowest BCUT2D eigenvalue weighted by molar-refractivity contribution is -0.152. The first-order valence-electron chi connectivity index (χ1n) is 10.4. The van der Waals surface area contributed by atoms with Gasteiger partial charge in [-0.25, -0.2) is 4.79 Å². The second-order valence-electron chi connectivity index (χ2n) is 7.81. The van der Waals surface area contributed by atoms with Crippen LogP contribution in [-0.2, 0) is 19.1 Å². The molecule has 0 saturated carbocycles. The van der Waals surface area contributed by atoms with Gasteiger partial charge in [-0.2, -0.15) is 0 Å². The molecule has 0 unspecified atom stereocenters. The third-order valence-corrected chi connectivity index (χ3v) is 6.59. The van der Waals surface area contributed by atoms with E-state index in [4.69, 9.17) is 14.2 Å². The number of nitrogens with zero attached hydrogens (tertiary/aromatic N) is 2. The van der Waals surface area contributed by atoms with Crippen molar-refractivity contribution in [3.8, 4) is 5.75 Å². The Morgan fingerprint density at radius 3 is 2.36 bits per heavy atom. The summed E-state index contributed by atoms with van der Waals surface area (Å²) in [5, 5.41) is -0.487. The van der Waals surface area contributed by atoms with Gasteiger partial charge < -0.3 is 24.0 Å². The van der Waals surface area contributed by atoms with Crippen LogP contribution in [0.1, 0.15) is 28.1 Å². The number of carbonyl (C=O) groups excluding carboxylic acids is 3. The fourth-order valence-electron chi connectivity index (χ4n) is 3.53. The second kappa shape index (κ2) is 10.7. The Bertz CT molecular complexity index is 1020. The summed E-state index contributed by atoms with van der Waals surface area (Å²) >= 11 is 1.42. The zero-order valence-electron chi connectivity index (χ0n) is 19.4. The van der Waals surface area contributed by atoms with Gasteiger partial charge in [0.15, 0.2) is 6.10 Å². The van der Waals surface area contributed by atoms with Crippen LogP contribution in [0.3, 0.4) is 0 Å². The molecule has 1 aliphatic rings. The molecule has 0 aliphatic carbocycles. The fourth-order valence-corrected chi connectivity index (χ4v) is 4.83. The highest BCUT2D eigenvalue weighted by molar-refractivity contribution is 7.99. The monoisotopic (exact) mass is 472 g/mol. The Labute approximate surface area is 197 Å². The minimum Gasteiger partial charge on any atom is -0.497 e. The van der Waals surface area contributed by atoms with Crippen LogP contribution in [0.25, 0.3) is 0 Å². The van der Waals surface area contributed by atoms with E-state index in [1.807, 2.05) is 31.1 Å². The summed E-state index contributed by atoms with van der Waals surface area (Å²) in [6, 6.07) is 12.5. The van der Waals surface area contributed by atoms with Gasteiger partial charge in [-0.3, -0.25) is 9.59 Å². The number of methoxy groups -OCH3 is 2. The number of hydrogen-bond donors (Lipinski definition) is 0. The van der Waals surface area contributed by atoms with Gasteiger partial charge in [0.1, 0.15) is 5.75 Å². The van der Waals surface area contributed by atoms with Crippen LogP contribution in [-0.4, -0.2) is 70.3 Å². The summed E-state index contributed by atoms with van der Waals surface area (Å²) in [6.45, 7) is 2.23. The molecule has 0 saturated heterocycles. The number of anilines is 1. The molecule has 3 rings (SSSR count). The van der Waals surface area contributed by atoms with Crippen molar-refractivity contribution in [1.29, 1.82) is 0 Å². The van der Waals surface area contributed by atoms with E-state index < -0.39 is 23.3 Å². The van der Waals surface area contributed by atoms with Gasteiger partial charge in [0.25, 0.3) is 5.91 Å². The number of fused-ring (bicyclic) bond motifs is 1. The summed E-state index contributed by atoms with van der Waals surface area (Å²) in [7, 11) is 6.71. The summed E-state index contributed by atoms with van der Waals surface area (Å²) in [5.74, 6) is -0.693. The highest BCUT2D eigenvalue weighted by atomic mass is 32.2. The van der Waals surface area contributed by atoms with Gasteiger partial charge in [0.05, 0.1) is 30.7 Å². The summed E-state index contributed by atoms with van der Waals surface area (Å²) in [6.07, 6.45) is -1.04. The van der Waals surface area contributed by atoms with Gasteiger partial charge in [-0.1, -0.05) is 12.1 Å². The molecule has 1 amide bonds. The summed E-state index contributed by atoms with van der Waals surface area (Å²) < 4.78 is 15.7. The Morgan fingerprint density at radius 2 is 1.79 bits per heavy atom. The van der Waals surface area contributed by atoms with Crippen molar-refractivity contribution in [3.05, 3.63) is 53.6 Å². The molecule has 2 aromatic carbocycles. The average Bonchev–Trinajstić information content (AvgIpc) is 2.91. The van der Waals surface area contributed by atoms with Gasteiger partial charge in [0.2, 0.25) is 0 Å². The number of thioether (sulfide) groups is 1. The van der Waals surface area contributed by atoms with E-state index in [-0.39, 0.29) is 5.91 Å². The van der Waals surface area contributed by atoms with E-state index in [1.54, 1.807) is 42.3 Å². The molecular weight excluding hydrogens is 444 g/mol. The quantitative estimate of drug-likeness (QED) is 0.568. The Morgan fingerprint density at radius 1 is 1.09 bits per heavy atom. The van der Waals surface area contributed by atoms with Gasteiger partial charge in [-0.15, -0.1) is 11.8 Å². The average molecular weight is 473 g/mol. The topological polar surface area (TPSA) is 85.4 Å². The largest absolute Gasteiger partial charge is 0.497 e. The number of carbonyl (C=O) groups is 3. The molecule has 0 spiro atoms. The molecule has 176 valence electrons. The highest BCUT2D eigenvalue weighted by Crippen LogP contribution is 2.47. The standard InChI is InChI=1S/C24H28N2O6S/c1-15(27)32-21-22(16-6-9-18(30-4)10-7-16)33-20-11-8-17(24(29)31-5)14-19(20)26(23(21)28)13-12-25(2)3/h6-11,14,21-22H,12-13H2,1-5H3/t21-,22+/m1/s1. The molecule has 8 nitrogen and oxygen atoms in total. The molecule has 0 bridgehead atoms. The minimum atomic E-state index is -1.04. The molecule has 2 atom stereocenters. The zero-order chi connectivity index (χ0) is 24.1. The smallest absolute Gasteiger partial charge is 0.337 e. The van der Waals surface area contributed by atoms with Crippen LogP contribution >= 0.6 is 11.8 Å². The first kappa shape index (κ1) is 24.6. The van der Waals surface area contributed by atoms with Crippen molar-refractivity contribution in [3.63, 3.8) is 0 Å². The molecule has 0 radical (unpaired) electrons. The lowest BCUT2D eigenvalue weighted by Crippen LogP contribution is -2.45. The number of amides is 1. The lowest BCUT2D eigenvalue weighted by Gasteiger charge is -2.28. The third kappa shape index (κ3) is 5.66. The van der Waals surface area contributed by atoms with Crippen LogP contribution in [0, 0.1) is 0 Å². The predicted molar refractivity (Wildman–Crippen MR) is 126 cm³/mol. The molecule has 1 aliphatic heterocycles. The number of likely N-dealkylation sites (N-methyl/N-ethyl adjacent to an activating group) is 1. The van der Waals surface area contributed by atoms with Crippen molar-refractivity contribution < 1.29 is 28.6 Å². The van der Waals surface area contributed by atoms with E-state index in [9.17, 15) is 14.4 Å². The van der Waals surface area contributed by atoms with Gasteiger partial charge in [-0.05, 0) is 50.0 Å². The second-order valence-corrected chi connectivity index (χ2v) is 8.99. The third-order valence-electron chi connectivity index (χ3n) is 5.22. The van der Waals surface area contributed by atoms with Gasteiger partial charge >= 0.3 is 11.9 Å². The Balaban J connectivity index is 2.13. The molecular formula is C24H28N2O6S. The predicted octanol–water partition coefficient (Wildman–Crippen LogP) is 3.16. The van der Waals surface area contributed by atoms with Crippen molar-refractivity contribution in [2.75, 3.05) is 46.3 Å². The van der Waals surface area contributed by atoms with Crippen molar-refractivity contribution in [2.45, 2.75) is 23.2 Å².